The number of carbonyl (C=O) groups is 1. The lowest BCUT2D eigenvalue weighted by Gasteiger charge is -2.08. The fourth-order valence-corrected chi connectivity index (χ4v) is 2.38. The van der Waals surface area contributed by atoms with Crippen LogP contribution in [0.15, 0.2) is 66.0 Å². The number of para-hydroxylation sites is 1. The lowest BCUT2D eigenvalue weighted by Crippen LogP contribution is -2.21. The second-order valence-electron chi connectivity index (χ2n) is 5.29. The molecule has 0 bridgehead atoms. The molecule has 0 saturated carbocycles. The molecule has 0 aliphatic rings. The lowest BCUT2D eigenvalue weighted by molar-refractivity contribution is -0.135. The van der Waals surface area contributed by atoms with Crippen molar-refractivity contribution in [1.29, 1.82) is 0 Å². The molecule has 6 heteroatoms. The summed E-state index contributed by atoms with van der Waals surface area (Å²) in [6, 6.07) is 17.2. The first-order valence-electron chi connectivity index (χ1n) is 8.01. The Labute approximate surface area is 145 Å². The normalized spacial score (nSPS) is 11.3. The minimum atomic E-state index is -0.447. The first-order chi connectivity index (χ1) is 12.3. The standard InChI is InChI=1S/C19H18N4O2/c1-2-25-19(24)17(12-14-8-4-3-5-9-14)22-23-18-15-10-6-7-11-16(15)20-13-21-18/h3-11,13H,2,12H2,1H3,(H,20,21,23)/b22-17-. The number of hydrogen-bond donors (Lipinski definition) is 1. The van der Waals surface area contributed by atoms with Crippen LogP contribution in [-0.2, 0) is 16.0 Å². The molecule has 0 unspecified atom stereocenters. The molecule has 1 aromatic heterocycles. The van der Waals surface area contributed by atoms with Gasteiger partial charge in [-0.3, -0.25) is 5.43 Å². The van der Waals surface area contributed by atoms with Crippen molar-refractivity contribution in [2.45, 2.75) is 13.3 Å². The van der Waals surface area contributed by atoms with Gasteiger partial charge in [0.2, 0.25) is 0 Å². The second kappa shape index (κ2) is 8.01. The number of esters is 1. The van der Waals surface area contributed by atoms with Crippen molar-refractivity contribution < 1.29 is 9.53 Å². The van der Waals surface area contributed by atoms with E-state index in [0.29, 0.717) is 18.8 Å². The molecule has 25 heavy (non-hydrogen) atoms. The van der Waals surface area contributed by atoms with E-state index in [-0.39, 0.29) is 5.71 Å². The Morgan fingerprint density at radius 1 is 1.08 bits per heavy atom. The van der Waals surface area contributed by atoms with Gasteiger partial charge in [0.15, 0.2) is 5.82 Å². The number of hydrazone groups is 1. The van der Waals surface area contributed by atoms with Gasteiger partial charge >= 0.3 is 5.97 Å². The number of nitrogens with zero attached hydrogens (tertiary/aromatic N) is 3. The molecule has 0 atom stereocenters. The molecule has 0 fully saturated rings. The summed E-state index contributed by atoms with van der Waals surface area (Å²) in [6.07, 6.45) is 1.83. The molecule has 3 rings (SSSR count). The van der Waals surface area contributed by atoms with E-state index in [2.05, 4.69) is 20.5 Å². The highest BCUT2D eigenvalue weighted by atomic mass is 16.5. The number of ether oxygens (including phenoxy) is 1. The highest BCUT2D eigenvalue weighted by Crippen LogP contribution is 2.18. The number of benzene rings is 2. The van der Waals surface area contributed by atoms with Crippen molar-refractivity contribution in [1.82, 2.24) is 9.97 Å². The largest absolute Gasteiger partial charge is 0.461 e. The summed E-state index contributed by atoms with van der Waals surface area (Å²) in [6.45, 7) is 2.06. The van der Waals surface area contributed by atoms with Crippen molar-refractivity contribution in [2.24, 2.45) is 5.10 Å². The average molecular weight is 334 g/mol. The summed E-state index contributed by atoms with van der Waals surface area (Å²) in [5.74, 6) is 0.0951. The van der Waals surface area contributed by atoms with Gasteiger partial charge in [-0.15, -0.1) is 0 Å². The summed E-state index contributed by atoms with van der Waals surface area (Å²) in [7, 11) is 0. The van der Waals surface area contributed by atoms with Crippen LogP contribution in [-0.4, -0.2) is 28.3 Å². The number of aromatic nitrogens is 2. The first kappa shape index (κ1) is 16.6. The zero-order chi connectivity index (χ0) is 17.5. The number of hydrogen-bond acceptors (Lipinski definition) is 6. The molecule has 0 spiro atoms. The Morgan fingerprint density at radius 3 is 2.64 bits per heavy atom. The van der Waals surface area contributed by atoms with Crippen molar-refractivity contribution >= 4 is 28.4 Å². The average Bonchev–Trinajstić information content (AvgIpc) is 2.66. The Hall–Kier alpha value is -3.28. The van der Waals surface area contributed by atoms with E-state index in [1.54, 1.807) is 6.92 Å². The van der Waals surface area contributed by atoms with Crippen LogP contribution < -0.4 is 5.43 Å². The van der Waals surface area contributed by atoms with Crippen molar-refractivity contribution in [3.05, 3.63) is 66.5 Å². The van der Waals surface area contributed by atoms with Crippen LogP contribution in [0.4, 0.5) is 5.82 Å². The molecule has 0 saturated heterocycles. The van der Waals surface area contributed by atoms with E-state index in [1.807, 2.05) is 54.6 Å². The summed E-state index contributed by atoms with van der Waals surface area (Å²) in [4.78, 5) is 20.6. The number of rotatable bonds is 6. The van der Waals surface area contributed by atoms with E-state index in [9.17, 15) is 4.79 Å². The summed E-state index contributed by atoms with van der Waals surface area (Å²) in [5.41, 5.74) is 4.95. The highest BCUT2D eigenvalue weighted by Gasteiger charge is 2.14. The fraction of sp³-hybridized carbons (Fsp3) is 0.158. The maximum atomic E-state index is 12.2. The molecule has 2 aromatic carbocycles. The van der Waals surface area contributed by atoms with E-state index in [4.69, 9.17) is 4.74 Å². The maximum Gasteiger partial charge on any atom is 0.354 e. The predicted molar refractivity (Wildman–Crippen MR) is 97.4 cm³/mol. The summed E-state index contributed by atoms with van der Waals surface area (Å²) < 4.78 is 5.11. The molecular formula is C19H18N4O2. The van der Waals surface area contributed by atoms with Gasteiger partial charge in [0.05, 0.1) is 12.1 Å². The van der Waals surface area contributed by atoms with Crippen LogP contribution in [0, 0.1) is 0 Å². The Bertz CT molecular complexity index is 889. The Morgan fingerprint density at radius 2 is 1.84 bits per heavy atom. The minimum absolute atomic E-state index is 0.288. The fourth-order valence-electron chi connectivity index (χ4n) is 2.38. The monoisotopic (exact) mass is 334 g/mol. The van der Waals surface area contributed by atoms with Crippen molar-refractivity contribution in [3.63, 3.8) is 0 Å². The van der Waals surface area contributed by atoms with Crippen LogP contribution in [0.2, 0.25) is 0 Å². The Balaban J connectivity index is 1.88. The second-order valence-corrected chi connectivity index (χ2v) is 5.29. The van der Waals surface area contributed by atoms with Gasteiger partial charge < -0.3 is 4.74 Å². The predicted octanol–water partition coefficient (Wildman–Crippen LogP) is 3.20. The zero-order valence-electron chi connectivity index (χ0n) is 13.8. The van der Waals surface area contributed by atoms with Gasteiger partial charge in [-0.1, -0.05) is 42.5 Å². The van der Waals surface area contributed by atoms with Gasteiger partial charge in [0.25, 0.3) is 0 Å². The van der Waals surface area contributed by atoms with E-state index in [0.717, 1.165) is 16.5 Å². The van der Waals surface area contributed by atoms with Gasteiger partial charge in [0.1, 0.15) is 12.0 Å². The van der Waals surface area contributed by atoms with Crippen LogP contribution >= 0.6 is 0 Å². The molecule has 0 aliphatic carbocycles. The van der Waals surface area contributed by atoms with E-state index >= 15 is 0 Å². The minimum Gasteiger partial charge on any atom is -0.461 e. The number of nitrogens with one attached hydrogen (secondary N) is 1. The molecule has 0 aliphatic heterocycles. The number of carbonyl (C=O) groups excluding carboxylic acids is 1. The smallest absolute Gasteiger partial charge is 0.354 e. The van der Waals surface area contributed by atoms with Gasteiger partial charge in [0, 0.05) is 11.8 Å². The third-order valence-electron chi connectivity index (χ3n) is 3.57. The van der Waals surface area contributed by atoms with Gasteiger partial charge in [-0.2, -0.15) is 5.10 Å². The lowest BCUT2D eigenvalue weighted by atomic mass is 10.1. The topological polar surface area (TPSA) is 76.5 Å². The van der Waals surface area contributed by atoms with Crippen molar-refractivity contribution in [3.8, 4) is 0 Å². The SMILES string of the molecule is CCOC(=O)/C(Cc1ccccc1)=N\Nc1ncnc2ccccc12. The molecule has 1 N–H and O–H groups in total. The first-order valence-corrected chi connectivity index (χ1v) is 8.01. The third-order valence-corrected chi connectivity index (χ3v) is 3.57. The van der Waals surface area contributed by atoms with Crippen LogP contribution in [0.3, 0.4) is 0 Å². The number of anilines is 1. The quantitative estimate of drug-likeness (QED) is 0.425. The van der Waals surface area contributed by atoms with E-state index < -0.39 is 5.97 Å². The van der Waals surface area contributed by atoms with Gasteiger partial charge in [-0.05, 0) is 24.6 Å². The molecule has 6 nitrogen and oxygen atoms in total. The molecule has 3 aromatic rings. The molecule has 0 radical (unpaired) electrons. The summed E-state index contributed by atoms with van der Waals surface area (Å²) in [5, 5.41) is 5.09. The molecule has 0 amide bonds. The summed E-state index contributed by atoms with van der Waals surface area (Å²) >= 11 is 0. The van der Waals surface area contributed by atoms with Gasteiger partial charge in [-0.25, -0.2) is 14.8 Å². The third kappa shape index (κ3) is 4.17. The Kier molecular flexibility index (Phi) is 5.31. The maximum absolute atomic E-state index is 12.2. The van der Waals surface area contributed by atoms with Crippen LogP contribution in [0.25, 0.3) is 10.9 Å². The molecule has 1 heterocycles. The molecular weight excluding hydrogens is 316 g/mol. The van der Waals surface area contributed by atoms with Crippen LogP contribution in [0.1, 0.15) is 12.5 Å². The molecule has 126 valence electrons. The zero-order valence-corrected chi connectivity index (χ0v) is 13.8. The van der Waals surface area contributed by atoms with E-state index in [1.165, 1.54) is 6.33 Å². The number of fused-ring (bicyclic) bond motifs is 1. The van der Waals surface area contributed by atoms with Crippen molar-refractivity contribution in [2.75, 3.05) is 12.0 Å². The highest BCUT2D eigenvalue weighted by molar-refractivity contribution is 6.37. The van der Waals surface area contributed by atoms with Crippen LogP contribution in [0.5, 0.6) is 0 Å².